The number of carbonyl (C=O) groups is 2. The Balaban J connectivity index is 1.38. The molecular formula is C24H29ClFN5O3S. The zero-order chi connectivity index (χ0) is 25.1. The van der Waals surface area contributed by atoms with Crippen molar-refractivity contribution in [3.63, 3.8) is 0 Å². The third-order valence-corrected chi connectivity index (χ3v) is 7.07. The smallest absolute Gasteiger partial charge is 0.254 e. The van der Waals surface area contributed by atoms with E-state index in [1.807, 2.05) is 30.6 Å². The lowest BCUT2D eigenvalue weighted by molar-refractivity contribution is -0.140. The van der Waals surface area contributed by atoms with Crippen molar-refractivity contribution < 1.29 is 18.7 Å². The number of thioether (sulfide) groups is 1. The minimum absolute atomic E-state index is 0.00942. The van der Waals surface area contributed by atoms with Crippen molar-refractivity contribution in [1.82, 2.24) is 19.8 Å². The maximum absolute atomic E-state index is 13.6. The van der Waals surface area contributed by atoms with E-state index in [1.165, 1.54) is 30.0 Å². The van der Waals surface area contributed by atoms with Gasteiger partial charge in [0, 0.05) is 50.4 Å². The summed E-state index contributed by atoms with van der Waals surface area (Å²) in [6.45, 7) is 8.57. The van der Waals surface area contributed by atoms with Crippen LogP contribution >= 0.6 is 23.4 Å². The number of halogens is 2. The van der Waals surface area contributed by atoms with Crippen LogP contribution < -0.4 is 4.90 Å². The number of rotatable bonds is 5. The van der Waals surface area contributed by atoms with Gasteiger partial charge in [0.2, 0.25) is 5.91 Å². The summed E-state index contributed by atoms with van der Waals surface area (Å²) >= 11 is 7.54. The van der Waals surface area contributed by atoms with Crippen LogP contribution in [0.3, 0.4) is 0 Å². The van der Waals surface area contributed by atoms with Crippen LogP contribution in [0.1, 0.15) is 31.1 Å². The standard InChI is InChI=1S/C24H29ClFN5O3S/c1-15-11-29(7-8-31(15)23(33)18-5-4-6-19(26)9-18)21-10-20(25)27-24(28-21)35-14-22(32)30-12-16(2)34-17(3)13-30/h4-6,9-10,15-17H,7-8,11-14H2,1-3H3. The van der Waals surface area contributed by atoms with Gasteiger partial charge in [-0.3, -0.25) is 9.59 Å². The fourth-order valence-corrected chi connectivity index (χ4v) is 5.45. The van der Waals surface area contributed by atoms with Gasteiger partial charge in [-0.25, -0.2) is 14.4 Å². The molecule has 0 spiro atoms. The van der Waals surface area contributed by atoms with E-state index in [2.05, 4.69) is 9.97 Å². The molecule has 2 aromatic rings. The predicted molar refractivity (Wildman–Crippen MR) is 133 cm³/mol. The molecule has 188 valence electrons. The number of piperazine rings is 1. The van der Waals surface area contributed by atoms with E-state index in [-0.39, 0.29) is 35.8 Å². The molecule has 2 amide bonds. The van der Waals surface area contributed by atoms with Gasteiger partial charge in [-0.1, -0.05) is 29.4 Å². The molecule has 11 heteroatoms. The van der Waals surface area contributed by atoms with Crippen molar-refractivity contribution in [2.45, 2.75) is 44.2 Å². The zero-order valence-electron chi connectivity index (χ0n) is 20.0. The first-order chi connectivity index (χ1) is 16.7. The fraction of sp³-hybridized carbons (Fsp3) is 0.500. The number of hydrogen-bond acceptors (Lipinski definition) is 7. The van der Waals surface area contributed by atoms with E-state index in [1.54, 1.807) is 17.0 Å². The molecule has 4 rings (SSSR count). The van der Waals surface area contributed by atoms with Crippen molar-refractivity contribution >= 4 is 41.0 Å². The minimum Gasteiger partial charge on any atom is -0.372 e. The molecule has 35 heavy (non-hydrogen) atoms. The van der Waals surface area contributed by atoms with E-state index in [0.717, 1.165) is 0 Å². The zero-order valence-corrected chi connectivity index (χ0v) is 21.6. The molecule has 0 radical (unpaired) electrons. The summed E-state index contributed by atoms with van der Waals surface area (Å²) in [6.07, 6.45) is 0.0188. The molecule has 0 N–H and O–H groups in total. The Bertz CT molecular complexity index is 1080. The van der Waals surface area contributed by atoms with Crippen LogP contribution in [0.4, 0.5) is 10.2 Å². The number of amides is 2. The number of anilines is 1. The summed E-state index contributed by atoms with van der Waals surface area (Å²) in [4.78, 5) is 40.1. The first-order valence-electron chi connectivity index (χ1n) is 11.6. The molecule has 3 unspecified atom stereocenters. The lowest BCUT2D eigenvalue weighted by Crippen LogP contribution is -2.54. The van der Waals surface area contributed by atoms with E-state index >= 15 is 0 Å². The third kappa shape index (κ3) is 6.42. The summed E-state index contributed by atoms with van der Waals surface area (Å²) in [7, 11) is 0. The SMILES string of the molecule is CC1CN(C(=O)CSc2nc(Cl)cc(N3CCN(C(=O)c4cccc(F)c4)C(C)C3)n2)CC(C)O1. The Morgan fingerprint density at radius 2 is 1.86 bits per heavy atom. The highest BCUT2D eigenvalue weighted by atomic mass is 35.5. The quantitative estimate of drug-likeness (QED) is 0.339. The molecular weight excluding hydrogens is 493 g/mol. The van der Waals surface area contributed by atoms with Crippen molar-refractivity contribution in [3.05, 3.63) is 46.9 Å². The van der Waals surface area contributed by atoms with Gasteiger partial charge < -0.3 is 19.4 Å². The number of ether oxygens (including phenoxy) is 1. The Morgan fingerprint density at radius 3 is 2.54 bits per heavy atom. The second-order valence-corrected chi connectivity index (χ2v) is 10.3. The maximum atomic E-state index is 13.6. The largest absolute Gasteiger partial charge is 0.372 e. The highest BCUT2D eigenvalue weighted by molar-refractivity contribution is 7.99. The summed E-state index contributed by atoms with van der Waals surface area (Å²) in [5.41, 5.74) is 0.336. The van der Waals surface area contributed by atoms with Crippen LogP contribution in [0, 0.1) is 5.82 Å². The summed E-state index contributed by atoms with van der Waals surface area (Å²) in [5.74, 6) is 0.252. The molecule has 0 aliphatic carbocycles. The Morgan fingerprint density at radius 1 is 1.11 bits per heavy atom. The molecule has 0 bridgehead atoms. The normalized spacial score (nSPS) is 22.9. The van der Waals surface area contributed by atoms with Crippen molar-refractivity contribution in [3.8, 4) is 0 Å². The first-order valence-corrected chi connectivity index (χ1v) is 13.0. The number of aromatic nitrogens is 2. The van der Waals surface area contributed by atoms with Crippen LogP contribution in [0.15, 0.2) is 35.5 Å². The monoisotopic (exact) mass is 521 g/mol. The number of carbonyl (C=O) groups excluding carboxylic acids is 2. The molecule has 1 aromatic carbocycles. The topological polar surface area (TPSA) is 78.9 Å². The molecule has 2 fully saturated rings. The highest BCUT2D eigenvalue weighted by Gasteiger charge is 2.30. The Labute approximate surface area is 213 Å². The number of nitrogens with zero attached hydrogens (tertiary/aromatic N) is 5. The molecule has 1 aromatic heterocycles. The Hall–Kier alpha value is -2.43. The molecule has 2 aliphatic rings. The van der Waals surface area contributed by atoms with E-state index in [9.17, 15) is 14.0 Å². The van der Waals surface area contributed by atoms with Gasteiger partial charge in [-0.2, -0.15) is 0 Å². The Kier molecular flexibility index (Phi) is 8.13. The van der Waals surface area contributed by atoms with Gasteiger partial charge in [-0.15, -0.1) is 0 Å². The summed E-state index contributed by atoms with van der Waals surface area (Å²) in [6, 6.07) is 7.32. The van der Waals surface area contributed by atoms with Crippen molar-refractivity contribution in [2.75, 3.05) is 43.4 Å². The number of hydrogen-bond donors (Lipinski definition) is 0. The van der Waals surface area contributed by atoms with E-state index < -0.39 is 5.82 Å². The van der Waals surface area contributed by atoms with Crippen LogP contribution in [0.2, 0.25) is 5.15 Å². The van der Waals surface area contributed by atoms with Gasteiger partial charge in [0.05, 0.1) is 18.0 Å². The predicted octanol–water partition coefficient (Wildman–Crippen LogP) is 3.35. The number of morpholine rings is 1. The van der Waals surface area contributed by atoms with Gasteiger partial charge >= 0.3 is 0 Å². The molecule has 0 saturated carbocycles. The van der Waals surface area contributed by atoms with E-state index in [0.29, 0.717) is 54.4 Å². The van der Waals surface area contributed by atoms with Crippen LogP contribution in [0.25, 0.3) is 0 Å². The average Bonchev–Trinajstić information content (AvgIpc) is 2.81. The van der Waals surface area contributed by atoms with Crippen molar-refractivity contribution in [2.24, 2.45) is 0 Å². The fourth-order valence-electron chi connectivity index (χ4n) is 4.47. The maximum Gasteiger partial charge on any atom is 0.254 e. The van der Waals surface area contributed by atoms with Gasteiger partial charge in [0.25, 0.3) is 5.91 Å². The highest BCUT2D eigenvalue weighted by Crippen LogP contribution is 2.25. The van der Waals surface area contributed by atoms with Gasteiger partial charge in [-0.05, 0) is 39.0 Å². The average molecular weight is 522 g/mol. The van der Waals surface area contributed by atoms with Gasteiger partial charge in [0.1, 0.15) is 16.8 Å². The third-order valence-electron chi connectivity index (χ3n) is 6.04. The molecule has 3 atom stereocenters. The molecule has 2 saturated heterocycles. The van der Waals surface area contributed by atoms with Crippen LogP contribution in [0.5, 0.6) is 0 Å². The second kappa shape index (κ2) is 11.1. The molecule has 2 aliphatic heterocycles. The van der Waals surface area contributed by atoms with Crippen LogP contribution in [-0.2, 0) is 9.53 Å². The first kappa shape index (κ1) is 25.7. The van der Waals surface area contributed by atoms with Crippen LogP contribution in [-0.4, -0.2) is 88.3 Å². The summed E-state index contributed by atoms with van der Waals surface area (Å²) in [5, 5.41) is 0.727. The van der Waals surface area contributed by atoms with Gasteiger partial charge in [0.15, 0.2) is 5.16 Å². The second-order valence-electron chi connectivity index (χ2n) is 8.98. The van der Waals surface area contributed by atoms with Crippen molar-refractivity contribution in [1.29, 1.82) is 0 Å². The lowest BCUT2D eigenvalue weighted by atomic mass is 10.1. The summed E-state index contributed by atoms with van der Waals surface area (Å²) < 4.78 is 19.3. The van der Waals surface area contributed by atoms with E-state index in [4.69, 9.17) is 16.3 Å². The molecule has 3 heterocycles. The molecule has 8 nitrogen and oxygen atoms in total. The minimum atomic E-state index is -0.432. The number of benzene rings is 1. The lowest BCUT2D eigenvalue weighted by Gasteiger charge is -2.40.